The van der Waals surface area contributed by atoms with Gasteiger partial charge in [0, 0.05) is 33.9 Å². The lowest BCUT2D eigenvalue weighted by molar-refractivity contribution is -0.132. The number of ether oxygens (including phenoxy) is 1. The number of ketones is 1. The number of nitrogens with one attached hydrogen (secondary N) is 1. The fraction of sp³-hybridized carbons (Fsp3) is 0.200. The van der Waals surface area contributed by atoms with Crippen LogP contribution in [0.2, 0.25) is 0 Å². The molecule has 182 valence electrons. The summed E-state index contributed by atoms with van der Waals surface area (Å²) >= 11 is 0. The molecule has 1 atom stereocenters. The number of aromatic nitrogens is 1. The third-order valence-electron chi connectivity index (χ3n) is 6.43. The molecule has 1 fully saturated rings. The number of nitrogens with zero attached hydrogens (tertiary/aromatic N) is 1. The Kier molecular flexibility index (Phi) is 6.10. The molecule has 0 saturated carbocycles. The second-order valence-electron chi connectivity index (χ2n) is 9.48. The molecule has 1 aromatic heterocycles. The molecule has 5 rings (SSSR count). The number of aromatic amines is 1. The number of amides is 1. The van der Waals surface area contributed by atoms with Crippen LogP contribution in [-0.4, -0.2) is 28.4 Å². The number of benzene rings is 3. The van der Waals surface area contributed by atoms with Crippen molar-refractivity contribution >= 4 is 34.0 Å². The van der Waals surface area contributed by atoms with Crippen LogP contribution in [0.25, 0.3) is 16.7 Å². The SMILES string of the molecule is Cc1ccccc1N1C(=O)C(=O)/C(=C(/O)c2cccc(OCC(C)C)c2)C1c1c[nH]c2ccccc12. The smallest absolute Gasteiger partial charge is 0.300 e. The second-order valence-corrected chi connectivity index (χ2v) is 9.48. The number of carbonyl (C=O) groups excluding carboxylic acids is 2. The van der Waals surface area contributed by atoms with Crippen molar-refractivity contribution in [2.75, 3.05) is 11.5 Å². The van der Waals surface area contributed by atoms with Crippen molar-refractivity contribution in [1.29, 1.82) is 0 Å². The summed E-state index contributed by atoms with van der Waals surface area (Å²) in [6, 6.07) is 21.3. The molecule has 1 unspecified atom stereocenters. The lowest BCUT2D eigenvalue weighted by Gasteiger charge is -2.26. The van der Waals surface area contributed by atoms with Gasteiger partial charge in [-0.3, -0.25) is 14.5 Å². The quantitative estimate of drug-likeness (QED) is 0.197. The number of anilines is 1. The molecule has 1 saturated heterocycles. The van der Waals surface area contributed by atoms with Crippen molar-refractivity contribution in [3.63, 3.8) is 0 Å². The third kappa shape index (κ3) is 4.05. The first kappa shape index (κ1) is 23.4. The first-order chi connectivity index (χ1) is 17.4. The van der Waals surface area contributed by atoms with Gasteiger partial charge in [-0.25, -0.2) is 0 Å². The van der Waals surface area contributed by atoms with Crippen molar-refractivity contribution in [2.45, 2.75) is 26.8 Å². The lowest BCUT2D eigenvalue weighted by atomic mass is 9.94. The van der Waals surface area contributed by atoms with Gasteiger partial charge < -0.3 is 14.8 Å². The largest absolute Gasteiger partial charge is 0.507 e. The average molecular weight is 481 g/mol. The van der Waals surface area contributed by atoms with E-state index in [2.05, 4.69) is 18.8 Å². The lowest BCUT2D eigenvalue weighted by Crippen LogP contribution is -2.30. The van der Waals surface area contributed by atoms with Crippen molar-refractivity contribution in [3.05, 3.63) is 101 Å². The maximum atomic E-state index is 13.5. The Morgan fingerprint density at radius 3 is 2.56 bits per heavy atom. The monoisotopic (exact) mass is 480 g/mol. The van der Waals surface area contributed by atoms with E-state index in [1.54, 1.807) is 18.2 Å². The van der Waals surface area contributed by atoms with E-state index in [-0.39, 0.29) is 11.3 Å². The minimum Gasteiger partial charge on any atom is -0.507 e. The molecule has 2 N–H and O–H groups in total. The van der Waals surface area contributed by atoms with E-state index in [0.717, 1.165) is 22.0 Å². The number of hydrogen-bond acceptors (Lipinski definition) is 4. The number of aliphatic hydroxyl groups excluding tert-OH is 1. The van der Waals surface area contributed by atoms with Crippen LogP contribution in [0.4, 0.5) is 5.69 Å². The van der Waals surface area contributed by atoms with Gasteiger partial charge in [0.15, 0.2) is 0 Å². The fourth-order valence-corrected chi connectivity index (χ4v) is 4.68. The number of hydrogen-bond donors (Lipinski definition) is 2. The van der Waals surface area contributed by atoms with Crippen LogP contribution in [0.3, 0.4) is 0 Å². The van der Waals surface area contributed by atoms with Crippen LogP contribution in [0, 0.1) is 12.8 Å². The first-order valence-electron chi connectivity index (χ1n) is 12.0. The summed E-state index contributed by atoms with van der Waals surface area (Å²) in [6.45, 7) is 6.53. The van der Waals surface area contributed by atoms with Gasteiger partial charge in [-0.15, -0.1) is 0 Å². The number of aliphatic hydroxyl groups is 1. The van der Waals surface area contributed by atoms with Crippen molar-refractivity contribution < 1.29 is 19.4 Å². The van der Waals surface area contributed by atoms with E-state index in [9.17, 15) is 14.7 Å². The molecule has 4 aromatic rings. The van der Waals surface area contributed by atoms with Gasteiger partial charge in [0.25, 0.3) is 11.7 Å². The van der Waals surface area contributed by atoms with E-state index >= 15 is 0 Å². The Hall–Kier alpha value is -4.32. The van der Waals surface area contributed by atoms with E-state index in [1.165, 1.54) is 4.90 Å². The topological polar surface area (TPSA) is 82.6 Å². The number of rotatable bonds is 6. The van der Waals surface area contributed by atoms with E-state index in [4.69, 9.17) is 4.74 Å². The van der Waals surface area contributed by atoms with E-state index in [1.807, 2.05) is 67.7 Å². The number of carbonyl (C=O) groups is 2. The van der Waals surface area contributed by atoms with Gasteiger partial charge in [0.1, 0.15) is 11.5 Å². The minimum absolute atomic E-state index is 0.0500. The summed E-state index contributed by atoms with van der Waals surface area (Å²) in [6.07, 6.45) is 1.81. The van der Waals surface area contributed by atoms with Crippen LogP contribution >= 0.6 is 0 Å². The maximum Gasteiger partial charge on any atom is 0.300 e. The molecule has 6 heteroatoms. The summed E-state index contributed by atoms with van der Waals surface area (Å²) in [7, 11) is 0. The van der Waals surface area contributed by atoms with Crippen LogP contribution in [0.15, 0.2) is 84.6 Å². The Labute approximate surface area is 209 Å². The Balaban J connectivity index is 1.71. The predicted molar refractivity (Wildman–Crippen MR) is 141 cm³/mol. The van der Waals surface area contributed by atoms with Crippen molar-refractivity contribution in [3.8, 4) is 5.75 Å². The molecular formula is C30H28N2O4. The molecule has 0 spiro atoms. The number of para-hydroxylation sites is 2. The molecule has 0 aliphatic carbocycles. The fourth-order valence-electron chi connectivity index (χ4n) is 4.68. The molecule has 3 aromatic carbocycles. The summed E-state index contributed by atoms with van der Waals surface area (Å²) in [5, 5.41) is 12.4. The number of aryl methyl sites for hydroxylation is 1. The van der Waals surface area contributed by atoms with Crippen LogP contribution in [0.5, 0.6) is 5.75 Å². The van der Waals surface area contributed by atoms with Gasteiger partial charge in [0.2, 0.25) is 0 Å². The average Bonchev–Trinajstić information content (AvgIpc) is 3.41. The summed E-state index contributed by atoms with van der Waals surface area (Å²) in [4.78, 5) is 31.7. The molecule has 0 radical (unpaired) electrons. The Morgan fingerprint density at radius 2 is 1.78 bits per heavy atom. The first-order valence-corrected chi connectivity index (χ1v) is 12.0. The van der Waals surface area contributed by atoms with Gasteiger partial charge in [0.05, 0.1) is 18.2 Å². The van der Waals surface area contributed by atoms with Crippen molar-refractivity contribution in [1.82, 2.24) is 4.98 Å². The number of fused-ring (bicyclic) bond motifs is 1. The maximum absolute atomic E-state index is 13.5. The highest BCUT2D eigenvalue weighted by Gasteiger charge is 2.48. The normalized spacial score (nSPS) is 17.3. The molecule has 36 heavy (non-hydrogen) atoms. The standard InChI is InChI=1S/C30H28N2O4/c1-18(2)17-36-21-11-8-10-20(15-21)28(33)26-27(23-16-31-24-13-6-5-12-22(23)24)32(30(35)29(26)34)25-14-7-4-9-19(25)3/h4-16,18,27,31,33H,17H2,1-3H3/b28-26+. The molecule has 1 aliphatic heterocycles. The van der Waals surface area contributed by atoms with Gasteiger partial charge in [-0.2, -0.15) is 0 Å². The van der Waals surface area contributed by atoms with Crippen molar-refractivity contribution in [2.24, 2.45) is 5.92 Å². The van der Waals surface area contributed by atoms with Gasteiger partial charge in [-0.05, 0) is 42.7 Å². The highest BCUT2D eigenvalue weighted by molar-refractivity contribution is 6.52. The second kappa shape index (κ2) is 9.38. The molecule has 2 heterocycles. The molecule has 0 bridgehead atoms. The van der Waals surface area contributed by atoms with Crippen LogP contribution < -0.4 is 9.64 Å². The molecular weight excluding hydrogens is 452 g/mol. The van der Waals surface area contributed by atoms with Gasteiger partial charge >= 0.3 is 0 Å². The third-order valence-corrected chi connectivity index (χ3v) is 6.43. The predicted octanol–water partition coefficient (Wildman–Crippen LogP) is 6.14. The molecule has 6 nitrogen and oxygen atoms in total. The van der Waals surface area contributed by atoms with E-state index < -0.39 is 17.7 Å². The van der Waals surface area contributed by atoms with E-state index in [0.29, 0.717) is 29.5 Å². The minimum atomic E-state index is -0.803. The number of Topliss-reactive ketones (excluding diaryl/α,β-unsaturated/α-hetero) is 1. The van der Waals surface area contributed by atoms with Gasteiger partial charge in [-0.1, -0.05) is 62.4 Å². The summed E-state index contributed by atoms with van der Waals surface area (Å²) in [5.74, 6) is -0.698. The Morgan fingerprint density at radius 1 is 1.03 bits per heavy atom. The zero-order chi connectivity index (χ0) is 25.4. The zero-order valence-electron chi connectivity index (χ0n) is 20.5. The molecule has 1 aliphatic rings. The molecule has 1 amide bonds. The highest BCUT2D eigenvalue weighted by atomic mass is 16.5. The highest BCUT2D eigenvalue weighted by Crippen LogP contribution is 2.45. The van der Waals surface area contributed by atoms with Crippen LogP contribution in [0.1, 0.15) is 36.6 Å². The summed E-state index contributed by atoms with van der Waals surface area (Å²) < 4.78 is 5.83. The summed E-state index contributed by atoms with van der Waals surface area (Å²) in [5.41, 5.74) is 3.57. The number of H-pyrrole nitrogens is 1. The zero-order valence-corrected chi connectivity index (χ0v) is 20.5. The van der Waals surface area contributed by atoms with Crippen LogP contribution in [-0.2, 0) is 9.59 Å². The Bertz CT molecular complexity index is 1500.